The Bertz CT molecular complexity index is 830. The van der Waals surface area contributed by atoms with Crippen LogP contribution in [0.5, 0.6) is 5.88 Å². The molecule has 0 amide bonds. The van der Waals surface area contributed by atoms with Gasteiger partial charge in [-0.1, -0.05) is 0 Å². The Morgan fingerprint density at radius 2 is 2.00 bits per heavy atom. The predicted octanol–water partition coefficient (Wildman–Crippen LogP) is 2.57. The normalized spacial score (nSPS) is 15.6. The summed E-state index contributed by atoms with van der Waals surface area (Å²) >= 11 is 1.70. The molecule has 0 spiro atoms. The molecule has 0 aliphatic carbocycles. The summed E-state index contributed by atoms with van der Waals surface area (Å²) in [4.78, 5) is 19.5. The predicted molar refractivity (Wildman–Crippen MR) is 94.9 cm³/mol. The van der Waals surface area contributed by atoms with Crippen LogP contribution in [0.3, 0.4) is 0 Å². The minimum Gasteiger partial charge on any atom is -0.481 e. The van der Waals surface area contributed by atoms with Crippen LogP contribution in [0.15, 0.2) is 30.2 Å². The average Bonchev–Trinajstić information content (AvgIpc) is 3.11. The molecule has 24 heavy (non-hydrogen) atoms. The van der Waals surface area contributed by atoms with Crippen molar-refractivity contribution in [2.45, 2.75) is 18.9 Å². The highest BCUT2D eigenvalue weighted by Gasteiger charge is 2.22. The molecule has 0 unspecified atom stereocenters. The van der Waals surface area contributed by atoms with Crippen molar-refractivity contribution < 1.29 is 4.74 Å². The number of aromatic nitrogens is 4. The van der Waals surface area contributed by atoms with Crippen LogP contribution in [0.1, 0.15) is 12.8 Å². The lowest BCUT2D eigenvalue weighted by atomic mass is 10.1. The topological polar surface area (TPSA) is 76.1 Å². The molecular formula is C16H18N6OS. The van der Waals surface area contributed by atoms with Crippen LogP contribution in [0.4, 0.5) is 11.6 Å². The van der Waals surface area contributed by atoms with E-state index in [0.29, 0.717) is 11.9 Å². The van der Waals surface area contributed by atoms with Gasteiger partial charge in [-0.25, -0.2) is 19.9 Å². The summed E-state index contributed by atoms with van der Waals surface area (Å²) < 4.78 is 6.31. The minimum atomic E-state index is 0.390. The molecule has 4 heterocycles. The number of rotatable bonds is 4. The highest BCUT2D eigenvalue weighted by Crippen LogP contribution is 2.30. The summed E-state index contributed by atoms with van der Waals surface area (Å²) in [6, 6.07) is 4.26. The molecule has 0 bridgehead atoms. The number of ether oxygens (including phenoxy) is 1. The fourth-order valence-electron chi connectivity index (χ4n) is 2.98. The highest BCUT2D eigenvalue weighted by atomic mass is 32.1. The third kappa shape index (κ3) is 2.96. The first-order chi connectivity index (χ1) is 11.8. The average molecular weight is 342 g/mol. The van der Waals surface area contributed by atoms with Crippen LogP contribution in [0.2, 0.25) is 0 Å². The smallest absolute Gasteiger partial charge is 0.218 e. The number of anilines is 2. The lowest BCUT2D eigenvalue weighted by Gasteiger charge is -2.33. The number of hydrogen-bond acceptors (Lipinski definition) is 8. The van der Waals surface area contributed by atoms with Crippen molar-refractivity contribution in [3.8, 4) is 5.88 Å². The zero-order valence-corrected chi connectivity index (χ0v) is 14.2. The van der Waals surface area contributed by atoms with Gasteiger partial charge in [0.15, 0.2) is 0 Å². The highest BCUT2D eigenvalue weighted by molar-refractivity contribution is 7.17. The first-order valence-electron chi connectivity index (χ1n) is 7.89. The number of hydrogen-bond donors (Lipinski definition) is 1. The maximum atomic E-state index is 5.14. The van der Waals surface area contributed by atoms with Gasteiger partial charge in [-0.05, 0) is 24.3 Å². The van der Waals surface area contributed by atoms with Crippen LogP contribution in [0.25, 0.3) is 10.2 Å². The van der Waals surface area contributed by atoms with E-state index in [2.05, 4.69) is 35.5 Å². The molecule has 8 heteroatoms. The van der Waals surface area contributed by atoms with Gasteiger partial charge in [-0.3, -0.25) is 0 Å². The monoisotopic (exact) mass is 342 g/mol. The lowest BCUT2D eigenvalue weighted by molar-refractivity contribution is 0.397. The summed E-state index contributed by atoms with van der Waals surface area (Å²) in [5, 5.41) is 5.54. The van der Waals surface area contributed by atoms with Crippen LogP contribution in [-0.2, 0) is 0 Å². The van der Waals surface area contributed by atoms with Gasteiger partial charge in [-0.2, -0.15) is 0 Å². The van der Waals surface area contributed by atoms with Crippen molar-refractivity contribution in [3.63, 3.8) is 0 Å². The van der Waals surface area contributed by atoms with Gasteiger partial charge in [0, 0.05) is 25.2 Å². The van der Waals surface area contributed by atoms with Crippen molar-refractivity contribution in [1.29, 1.82) is 0 Å². The molecule has 124 valence electrons. The molecular weight excluding hydrogens is 324 g/mol. The molecule has 0 atom stereocenters. The van der Waals surface area contributed by atoms with Crippen molar-refractivity contribution in [1.82, 2.24) is 19.9 Å². The molecule has 3 aromatic heterocycles. The molecule has 4 rings (SSSR count). The molecule has 0 saturated carbocycles. The van der Waals surface area contributed by atoms with Gasteiger partial charge in [0.05, 0.1) is 17.3 Å². The summed E-state index contributed by atoms with van der Waals surface area (Å²) in [6.07, 6.45) is 5.24. The fraction of sp³-hybridized carbons (Fsp3) is 0.375. The molecule has 1 N–H and O–H groups in total. The van der Waals surface area contributed by atoms with Gasteiger partial charge in [-0.15, -0.1) is 11.3 Å². The Labute approximate surface area is 143 Å². The van der Waals surface area contributed by atoms with Crippen LogP contribution in [-0.4, -0.2) is 46.2 Å². The molecule has 0 radical (unpaired) electrons. The van der Waals surface area contributed by atoms with E-state index in [1.807, 2.05) is 12.1 Å². The van der Waals surface area contributed by atoms with Gasteiger partial charge in [0.25, 0.3) is 0 Å². The Morgan fingerprint density at radius 3 is 2.83 bits per heavy atom. The van der Waals surface area contributed by atoms with Crippen LogP contribution >= 0.6 is 11.3 Å². The van der Waals surface area contributed by atoms with E-state index in [0.717, 1.165) is 43.1 Å². The van der Waals surface area contributed by atoms with E-state index in [1.54, 1.807) is 24.8 Å². The van der Waals surface area contributed by atoms with E-state index in [9.17, 15) is 0 Å². The van der Waals surface area contributed by atoms with Crippen molar-refractivity contribution in [3.05, 3.63) is 30.2 Å². The maximum Gasteiger partial charge on any atom is 0.218 e. The van der Waals surface area contributed by atoms with Crippen LogP contribution in [0, 0.1) is 0 Å². The summed E-state index contributed by atoms with van der Waals surface area (Å²) in [5.74, 6) is 2.44. The van der Waals surface area contributed by atoms with Crippen LogP contribution < -0.4 is 15.0 Å². The molecule has 7 nitrogen and oxygen atoms in total. The van der Waals surface area contributed by atoms with Gasteiger partial charge in [0.1, 0.15) is 24.3 Å². The third-order valence-electron chi connectivity index (χ3n) is 4.22. The molecule has 3 aromatic rings. The Morgan fingerprint density at radius 1 is 1.17 bits per heavy atom. The summed E-state index contributed by atoms with van der Waals surface area (Å²) in [7, 11) is 1.61. The molecule has 1 fully saturated rings. The number of thiophene rings is 1. The maximum absolute atomic E-state index is 5.14. The molecule has 1 aliphatic heterocycles. The SMILES string of the molecule is COc1cc(NC2CCN(c3ncnc4ccsc34)CC2)ncn1. The Hall–Kier alpha value is -2.48. The number of piperidine rings is 1. The quantitative estimate of drug-likeness (QED) is 0.781. The zero-order chi connectivity index (χ0) is 16.4. The second-order valence-corrected chi connectivity index (χ2v) is 6.60. The Kier molecular flexibility index (Phi) is 4.12. The number of nitrogens with one attached hydrogen (secondary N) is 1. The number of nitrogens with zero attached hydrogens (tertiary/aromatic N) is 5. The zero-order valence-electron chi connectivity index (χ0n) is 13.3. The first-order valence-corrected chi connectivity index (χ1v) is 8.77. The molecule has 1 aliphatic rings. The number of fused-ring (bicyclic) bond motifs is 1. The van der Waals surface area contributed by atoms with E-state index >= 15 is 0 Å². The largest absolute Gasteiger partial charge is 0.481 e. The van der Waals surface area contributed by atoms with Gasteiger partial charge < -0.3 is 15.0 Å². The Balaban J connectivity index is 1.42. The van der Waals surface area contributed by atoms with E-state index in [-0.39, 0.29) is 0 Å². The van der Waals surface area contributed by atoms with E-state index < -0.39 is 0 Å². The standard InChI is InChI=1S/C16H18N6OS/c1-23-14-8-13(18-10-19-14)21-11-2-5-22(6-3-11)16-15-12(4-7-24-15)17-9-20-16/h4,7-11H,2-3,5-6H2,1H3,(H,18,19,21). The first kappa shape index (κ1) is 15.1. The fourth-order valence-corrected chi connectivity index (χ4v) is 3.84. The number of methoxy groups -OCH3 is 1. The third-order valence-corrected chi connectivity index (χ3v) is 5.12. The van der Waals surface area contributed by atoms with Crippen molar-refractivity contribution >= 4 is 33.2 Å². The second kappa shape index (κ2) is 6.56. The summed E-state index contributed by atoms with van der Waals surface area (Å²) in [6.45, 7) is 1.92. The van der Waals surface area contributed by atoms with E-state index in [4.69, 9.17) is 4.74 Å². The van der Waals surface area contributed by atoms with E-state index in [1.165, 1.54) is 11.0 Å². The minimum absolute atomic E-state index is 0.390. The molecule has 0 aromatic carbocycles. The van der Waals surface area contributed by atoms with Crippen molar-refractivity contribution in [2.75, 3.05) is 30.4 Å². The second-order valence-electron chi connectivity index (χ2n) is 5.68. The summed E-state index contributed by atoms with van der Waals surface area (Å²) in [5.41, 5.74) is 1.03. The van der Waals surface area contributed by atoms with Gasteiger partial charge in [0.2, 0.25) is 5.88 Å². The van der Waals surface area contributed by atoms with Gasteiger partial charge >= 0.3 is 0 Å². The van der Waals surface area contributed by atoms with Crippen molar-refractivity contribution in [2.24, 2.45) is 0 Å². The molecule has 1 saturated heterocycles. The lowest BCUT2D eigenvalue weighted by Crippen LogP contribution is -2.39.